The highest BCUT2D eigenvalue weighted by atomic mass is 16.5. The van der Waals surface area contributed by atoms with E-state index >= 15 is 0 Å². The Morgan fingerprint density at radius 1 is 1.54 bits per heavy atom. The molecule has 0 aromatic carbocycles. The summed E-state index contributed by atoms with van der Waals surface area (Å²) >= 11 is 0. The Hall–Kier alpha value is -0.120. The molecule has 78 valence electrons. The first-order chi connectivity index (χ1) is 6.19. The van der Waals surface area contributed by atoms with Crippen LogP contribution in [0.25, 0.3) is 0 Å². The van der Waals surface area contributed by atoms with Crippen LogP contribution in [0.5, 0.6) is 0 Å². The Bertz CT molecular complexity index is 152. The van der Waals surface area contributed by atoms with E-state index in [1.54, 1.807) is 7.11 Å². The summed E-state index contributed by atoms with van der Waals surface area (Å²) in [5, 5.41) is 0. The highest BCUT2D eigenvalue weighted by Gasteiger charge is 2.36. The molecule has 13 heavy (non-hydrogen) atoms. The SMILES string of the molecule is COCCCCC1(N)CCOC1C. The zero-order valence-electron chi connectivity index (χ0n) is 8.71. The predicted octanol–water partition coefficient (Wildman–Crippen LogP) is 1.31. The van der Waals surface area contributed by atoms with E-state index < -0.39 is 0 Å². The first-order valence-corrected chi connectivity index (χ1v) is 5.08. The van der Waals surface area contributed by atoms with Gasteiger partial charge in [0.15, 0.2) is 0 Å². The van der Waals surface area contributed by atoms with E-state index in [2.05, 4.69) is 6.92 Å². The molecule has 0 bridgehead atoms. The second-order valence-corrected chi connectivity index (χ2v) is 3.95. The lowest BCUT2D eigenvalue weighted by Crippen LogP contribution is -2.45. The maximum Gasteiger partial charge on any atom is 0.0727 e. The number of hydrogen-bond donors (Lipinski definition) is 1. The van der Waals surface area contributed by atoms with Crippen molar-refractivity contribution in [3.05, 3.63) is 0 Å². The Labute approximate surface area is 80.6 Å². The van der Waals surface area contributed by atoms with Crippen LogP contribution in [0.1, 0.15) is 32.6 Å². The van der Waals surface area contributed by atoms with Crippen LogP contribution in [-0.4, -0.2) is 32.0 Å². The molecule has 1 rings (SSSR count). The number of hydrogen-bond acceptors (Lipinski definition) is 3. The molecule has 0 amide bonds. The van der Waals surface area contributed by atoms with Crippen molar-refractivity contribution in [1.29, 1.82) is 0 Å². The smallest absolute Gasteiger partial charge is 0.0727 e. The maximum absolute atomic E-state index is 6.22. The number of rotatable bonds is 5. The van der Waals surface area contributed by atoms with E-state index in [1.165, 1.54) is 0 Å². The molecule has 3 heteroatoms. The van der Waals surface area contributed by atoms with E-state index in [4.69, 9.17) is 15.2 Å². The molecule has 0 aliphatic carbocycles. The van der Waals surface area contributed by atoms with E-state index in [0.29, 0.717) is 0 Å². The van der Waals surface area contributed by atoms with E-state index in [9.17, 15) is 0 Å². The third kappa shape index (κ3) is 2.93. The number of unbranched alkanes of at least 4 members (excludes halogenated alkanes) is 1. The summed E-state index contributed by atoms with van der Waals surface area (Å²) in [6.07, 6.45) is 4.51. The normalized spacial score (nSPS) is 33.9. The Morgan fingerprint density at radius 3 is 2.85 bits per heavy atom. The fourth-order valence-corrected chi connectivity index (χ4v) is 1.82. The van der Waals surface area contributed by atoms with Gasteiger partial charge in [0.1, 0.15) is 0 Å². The van der Waals surface area contributed by atoms with Gasteiger partial charge in [-0.2, -0.15) is 0 Å². The van der Waals surface area contributed by atoms with Gasteiger partial charge in [0.05, 0.1) is 6.10 Å². The minimum absolute atomic E-state index is 0.0757. The summed E-state index contributed by atoms with van der Waals surface area (Å²) in [5.41, 5.74) is 6.14. The molecule has 1 aliphatic rings. The van der Waals surface area contributed by atoms with Gasteiger partial charge in [0, 0.05) is 25.9 Å². The highest BCUT2D eigenvalue weighted by molar-refractivity contribution is 4.94. The molecular formula is C10H21NO2. The van der Waals surface area contributed by atoms with Crippen LogP contribution >= 0.6 is 0 Å². The molecule has 2 unspecified atom stereocenters. The van der Waals surface area contributed by atoms with Gasteiger partial charge in [0.2, 0.25) is 0 Å². The zero-order chi connectivity index (χ0) is 9.73. The van der Waals surface area contributed by atoms with Crippen molar-refractivity contribution in [2.75, 3.05) is 20.3 Å². The van der Waals surface area contributed by atoms with Gasteiger partial charge in [0.25, 0.3) is 0 Å². The van der Waals surface area contributed by atoms with Crippen LogP contribution in [0.15, 0.2) is 0 Å². The second kappa shape index (κ2) is 4.94. The summed E-state index contributed by atoms with van der Waals surface area (Å²) in [5.74, 6) is 0. The van der Waals surface area contributed by atoms with Gasteiger partial charge < -0.3 is 15.2 Å². The lowest BCUT2D eigenvalue weighted by atomic mass is 9.88. The minimum Gasteiger partial charge on any atom is -0.385 e. The Balaban J connectivity index is 2.18. The van der Waals surface area contributed by atoms with Crippen LogP contribution in [0, 0.1) is 0 Å². The van der Waals surface area contributed by atoms with Crippen molar-refractivity contribution in [1.82, 2.24) is 0 Å². The third-order valence-electron chi connectivity index (χ3n) is 2.99. The Morgan fingerprint density at radius 2 is 2.31 bits per heavy atom. The van der Waals surface area contributed by atoms with Crippen LogP contribution in [0.2, 0.25) is 0 Å². The summed E-state index contributed by atoms with van der Waals surface area (Å²) in [7, 11) is 1.74. The van der Waals surface area contributed by atoms with Crippen LogP contribution in [0.3, 0.4) is 0 Å². The topological polar surface area (TPSA) is 44.5 Å². The maximum atomic E-state index is 6.22. The molecule has 1 aliphatic heterocycles. The molecule has 2 N–H and O–H groups in total. The van der Waals surface area contributed by atoms with Gasteiger partial charge in [-0.1, -0.05) is 0 Å². The van der Waals surface area contributed by atoms with Gasteiger partial charge in [-0.25, -0.2) is 0 Å². The van der Waals surface area contributed by atoms with Crippen molar-refractivity contribution in [2.24, 2.45) is 5.73 Å². The molecular weight excluding hydrogens is 166 g/mol. The quantitative estimate of drug-likeness (QED) is 0.660. The van der Waals surface area contributed by atoms with Gasteiger partial charge >= 0.3 is 0 Å². The standard InChI is InChI=1S/C10H21NO2/c1-9-10(11,6-8-13-9)5-3-4-7-12-2/h9H,3-8,11H2,1-2H3. The summed E-state index contributed by atoms with van der Waals surface area (Å²) < 4.78 is 10.5. The van der Waals surface area contributed by atoms with Gasteiger partial charge in [-0.15, -0.1) is 0 Å². The molecule has 0 aromatic heterocycles. The molecule has 1 fully saturated rings. The monoisotopic (exact) mass is 187 g/mol. The lowest BCUT2D eigenvalue weighted by molar-refractivity contribution is 0.0909. The molecule has 0 spiro atoms. The summed E-state index contributed by atoms with van der Waals surface area (Å²) in [6.45, 7) is 3.73. The molecule has 0 saturated carbocycles. The van der Waals surface area contributed by atoms with Crippen molar-refractivity contribution < 1.29 is 9.47 Å². The fraction of sp³-hybridized carbons (Fsp3) is 1.00. The van der Waals surface area contributed by atoms with Crippen molar-refractivity contribution >= 4 is 0 Å². The van der Waals surface area contributed by atoms with Gasteiger partial charge in [-0.05, 0) is 32.6 Å². The highest BCUT2D eigenvalue weighted by Crippen LogP contribution is 2.27. The van der Waals surface area contributed by atoms with E-state index in [0.717, 1.165) is 38.9 Å². The number of nitrogens with two attached hydrogens (primary N) is 1. The number of methoxy groups -OCH3 is 1. The molecule has 2 atom stereocenters. The molecule has 1 heterocycles. The van der Waals surface area contributed by atoms with Crippen LogP contribution < -0.4 is 5.73 Å². The average Bonchev–Trinajstić information content (AvgIpc) is 2.42. The Kier molecular flexibility index (Phi) is 4.16. The average molecular weight is 187 g/mol. The third-order valence-corrected chi connectivity index (χ3v) is 2.99. The molecule has 0 radical (unpaired) electrons. The predicted molar refractivity (Wildman–Crippen MR) is 52.7 cm³/mol. The first kappa shape index (κ1) is 11.0. The number of ether oxygens (including phenoxy) is 2. The molecule has 1 saturated heterocycles. The summed E-state index contributed by atoms with van der Waals surface area (Å²) in [4.78, 5) is 0. The second-order valence-electron chi connectivity index (χ2n) is 3.95. The fourth-order valence-electron chi connectivity index (χ4n) is 1.82. The van der Waals surface area contributed by atoms with E-state index in [-0.39, 0.29) is 11.6 Å². The van der Waals surface area contributed by atoms with Crippen LogP contribution in [-0.2, 0) is 9.47 Å². The van der Waals surface area contributed by atoms with Crippen molar-refractivity contribution in [3.8, 4) is 0 Å². The summed E-state index contributed by atoms with van der Waals surface area (Å²) in [6, 6.07) is 0. The van der Waals surface area contributed by atoms with Crippen molar-refractivity contribution in [3.63, 3.8) is 0 Å². The first-order valence-electron chi connectivity index (χ1n) is 5.08. The van der Waals surface area contributed by atoms with Crippen LogP contribution in [0.4, 0.5) is 0 Å². The minimum atomic E-state index is -0.0757. The van der Waals surface area contributed by atoms with Crippen molar-refractivity contribution in [2.45, 2.75) is 44.2 Å². The van der Waals surface area contributed by atoms with Gasteiger partial charge in [-0.3, -0.25) is 0 Å². The lowest BCUT2D eigenvalue weighted by Gasteiger charge is -2.27. The zero-order valence-corrected chi connectivity index (χ0v) is 8.71. The van der Waals surface area contributed by atoms with E-state index in [1.807, 2.05) is 0 Å². The molecule has 3 nitrogen and oxygen atoms in total. The largest absolute Gasteiger partial charge is 0.385 e. The molecule has 0 aromatic rings.